The number of piperazine rings is 1. The molecule has 1 aliphatic heterocycles. The highest BCUT2D eigenvalue weighted by molar-refractivity contribution is 7.89. The topological polar surface area (TPSA) is 119 Å². The van der Waals surface area contributed by atoms with E-state index in [0.29, 0.717) is 5.75 Å². The average Bonchev–Trinajstić information content (AvgIpc) is 2.79. The molecular formula is C20H23N3O7S. The van der Waals surface area contributed by atoms with Gasteiger partial charge in [-0.05, 0) is 43.3 Å². The van der Waals surface area contributed by atoms with E-state index in [2.05, 4.69) is 0 Å². The van der Waals surface area contributed by atoms with E-state index in [-0.39, 0.29) is 54.7 Å². The highest BCUT2D eigenvalue weighted by atomic mass is 32.2. The number of ether oxygens (including phenoxy) is 2. The average molecular weight is 449 g/mol. The lowest BCUT2D eigenvalue weighted by Crippen LogP contribution is -2.50. The second-order valence-corrected chi connectivity index (χ2v) is 8.68. The Morgan fingerprint density at radius 1 is 1.10 bits per heavy atom. The molecule has 0 aromatic heterocycles. The first-order chi connectivity index (χ1) is 14.8. The molecule has 1 amide bonds. The molecule has 31 heavy (non-hydrogen) atoms. The first-order valence-corrected chi connectivity index (χ1v) is 11.1. The highest BCUT2D eigenvalue weighted by Crippen LogP contribution is 2.29. The van der Waals surface area contributed by atoms with Gasteiger partial charge in [0.05, 0.1) is 23.5 Å². The van der Waals surface area contributed by atoms with E-state index in [1.807, 2.05) is 0 Å². The molecule has 2 aromatic carbocycles. The molecule has 0 aliphatic carbocycles. The molecule has 1 aliphatic rings. The number of nitro benzene ring substituents is 1. The second kappa shape index (κ2) is 9.31. The normalized spacial score (nSPS) is 14.8. The molecule has 1 heterocycles. The quantitative estimate of drug-likeness (QED) is 0.469. The van der Waals surface area contributed by atoms with Crippen molar-refractivity contribution in [1.82, 2.24) is 9.21 Å². The van der Waals surface area contributed by atoms with Crippen molar-refractivity contribution in [2.24, 2.45) is 0 Å². The third-order valence-corrected chi connectivity index (χ3v) is 6.84. The maximum atomic E-state index is 12.8. The van der Waals surface area contributed by atoms with Crippen molar-refractivity contribution in [3.05, 3.63) is 58.1 Å². The van der Waals surface area contributed by atoms with Crippen molar-refractivity contribution in [1.29, 1.82) is 0 Å². The van der Waals surface area contributed by atoms with E-state index in [4.69, 9.17) is 9.47 Å². The molecule has 1 saturated heterocycles. The van der Waals surface area contributed by atoms with Crippen molar-refractivity contribution in [3.63, 3.8) is 0 Å². The summed E-state index contributed by atoms with van der Waals surface area (Å²) in [6.07, 6.45) is 0. The summed E-state index contributed by atoms with van der Waals surface area (Å²) in [6, 6.07) is 10.2. The SMILES string of the molecule is CCOc1ccc(C(=O)N2CCN(S(=O)(=O)c3ccc(OC)cc3)CC2)cc1[N+](=O)[O-]. The zero-order valence-corrected chi connectivity index (χ0v) is 18.0. The van der Waals surface area contributed by atoms with Crippen LogP contribution in [0.25, 0.3) is 0 Å². The summed E-state index contributed by atoms with van der Waals surface area (Å²) in [6.45, 7) is 2.57. The Labute approximate surface area is 180 Å². The van der Waals surface area contributed by atoms with Crippen molar-refractivity contribution in [2.75, 3.05) is 39.9 Å². The van der Waals surface area contributed by atoms with Gasteiger partial charge in [-0.15, -0.1) is 0 Å². The minimum absolute atomic E-state index is 0.0967. The van der Waals surface area contributed by atoms with Crippen LogP contribution in [0.15, 0.2) is 47.4 Å². The van der Waals surface area contributed by atoms with Crippen LogP contribution in [0.4, 0.5) is 5.69 Å². The molecule has 0 saturated carbocycles. The molecule has 0 atom stereocenters. The van der Waals surface area contributed by atoms with Gasteiger partial charge in [-0.2, -0.15) is 4.31 Å². The molecule has 11 heteroatoms. The Bertz CT molecular complexity index is 1060. The number of hydrogen-bond acceptors (Lipinski definition) is 7. The Morgan fingerprint density at radius 3 is 2.29 bits per heavy atom. The fourth-order valence-corrected chi connectivity index (χ4v) is 4.70. The van der Waals surface area contributed by atoms with Crippen molar-refractivity contribution in [2.45, 2.75) is 11.8 Å². The standard InChI is InChI=1S/C20H23N3O7S/c1-3-30-19-9-4-15(14-18(19)23(25)26)20(24)21-10-12-22(13-11-21)31(27,28)17-7-5-16(29-2)6-8-17/h4-9,14H,3,10-13H2,1-2H3. The van der Waals surface area contributed by atoms with Crippen molar-refractivity contribution >= 4 is 21.6 Å². The molecule has 0 N–H and O–H groups in total. The Morgan fingerprint density at radius 2 is 1.74 bits per heavy atom. The number of rotatable bonds is 7. The van der Waals surface area contributed by atoms with E-state index in [0.717, 1.165) is 0 Å². The fraction of sp³-hybridized carbons (Fsp3) is 0.350. The number of nitrogens with zero attached hydrogens (tertiary/aromatic N) is 3. The molecule has 3 rings (SSSR count). The van der Waals surface area contributed by atoms with Gasteiger partial charge >= 0.3 is 5.69 Å². The number of amides is 1. The molecule has 166 valence electrons. The third-order valence-electron chi connectivity index (χ3n) is 4.93. The minimum Gasteiger partial charge on any atom is -0.497 e. The molecule has 0 bridgehead atoms. The second-order valence-electron chi connectivity index (χ2n) is 6.74. The zero-order valence-electron chi connectivity index (χ0n) is 17.2. The van der Waals surface area contributed by atoms with Gasteiger partial charge in [0.15, 0.2) is 5.75 Å². The lowest BCUT2D eigenvalue weighted by molar-refractivity contribution is -0.385. The maximum absolute atomic E-state index is 12.8. The zero-order chi connectivity index (χ0) is 22.6. The van der Waals surface area contributed by atoms with Gasteiger partial charge in [-0.3, -0.25) is 14.9 Å². The van der Waals surface area contributed by atoms with Crippen molar-refractivity contribution in [3.8, 4) is 11.5 Å². The summed E-state index contributed by atoms with van der Waals surface area (Å²) in [5, 5.41) is 11.3. The van der Waals surface area contributed by atoms with E-state index in [1.54, 1.807) is 19.1 Å². The van der Waals surface area contributed by atoms with E-state index >= 15 is 0 Å². The van der Waals surface area contributed by atoms with Gasteiger partial charge in [0.2, 0.25) is 10.0 Å². The number of nitro groups is 1. The van der Waals surface area contributed by atoms with Gasteiger partial charge in [0, 0.05) is 37.8 Å². The third kappa shape index (κ3) is 4.78. The first kappa shape index (κ1) is 22.5. The summed E-state index contributed by atoms with van der Waals surface area (Å²) >= 11 is 0. The van der Waals surface area contributed by atoms with Gasteiger partial charge in [-0.1, -0.05) is 0 Å². The summed E-state index contributed by atoms with van der Waals surface area (Å²) in [7, 11) is -2.20. The smallest absolute Gasteiger partial charge is 0.311 e. The maximum Gasteiger partial charge on any atom is 0.311 e. The van der Waals surface area contributed by atoms with E-state index in [1.165, 1.54) is 46.6 Å². The monoisotopic (exact) mass is 449 g/mol. The molecular weight excluding hydrogens is 426 g/mol. The number of benzene rings is 2. The number of carbonyl (C=O) groups excluding carboxylic acids is 1. The molecule has 2 aromatic rings. The Kier molecular flexibility index (Phi) is 6.76. The molecule has 0 unspecified atom stereocenters. The summed E-state index contributed by atoms with van der Waals surface area (Å²) in [4.78, 5) is 25.2. The number of hydrogen-bond donors (Lipinski definition) is 0. The molecule has 10 nitrogen and oxygen atoms in total. The number of methoxy groups -OCH3 is 1. The predicted molar refractivity (Wildman–Crippen MR) is 112 cm³/mol. The lowest BCUT2D eigenvalue weighted by atomic mass is 10.1. The Hall–Kier alpha value is -3.18. The van der Waals surface area contributed by atoms with Gasteiger partial charge in [0.1, 0.15) is 5.75 Å². The summed E-state index contributed by atoms with van der Waals surface area (Å²) < 4.78 is 37.3. The van der Waals surface area contributed by atoms with E-state index in [9.17, 15) is 23.3 Å². The predicted octanol–water partition coefficient (Wildman–Crippen LogP) is 2.15. The van der Waals surface area contributed by atoms with Crippen molar-refractivity contribution < 1.29 is 27.6 Å². The fourth-order valence-electron chi connectivity index (χ4n) is 3.28. The van der Waals surface area contributed by atoms with Crippen LogP contribution in [0.1, 0.15) is 17.3 Å². The van der Waals surface area contributed by atoms with Crippen LogP contribution in [0.3, 0.4) is 0 Å². The summed E-state index contributed by atoms with van der Waals surface area (Å²) in [5.74, 6) is 0.255. The van der Waals surface area contributed by atoms with Crippen LogP contribution in [0.5, 0.6) is 11.5 Å². The van der Waals surface area contributed by atoms with Crippen LogP contribution in [0.2, 0.25) is 0 Å². The Balaban J connectivity index is 1.71. The first-order valence-electron chi connectivity index (χ1n) is 9.62. The van der Waals surface area contributed by atoms with Crippen LogP contribution in [-0.4, -0.2) is 68.3 Å². The molecule has 1 fully saturated rings. The lowest BCUT2D eigenvalue weighted by Gasteiger charge is -2.34. The minimum atomic E-state index is -3.70. The number of sulfonamides is 1. The van der Waals surface area contributed by atoms with Gasteiger partial charge < -0.3 is 14.4 Å². The van der Waals surface area contributed by atoms with Crippen LogP contribution in [-0.2, 0) is 10.0 Å². The largest absolute Gasteiger partial charge is 0.497 e. The number of carbonyl (C=O) groups is 1. The highest BCUT2D eigenvalue weighted by Gasteiger charge is 2.31. The van der Waals surface area contributed by atoms with Crippen LogP contribution >= 0.6 is 0 Å². The van der Waals surface area contributed by atoms with Gasteiger partial charge in [-0.25, -0.2) is 8.42 Å². The molecule has 0 radical (unpaired) electrons. The van der Waals surface area contributed by atoms with E-state index < -0.39 is 20.9 Å². The summed E-state index contributed by atoms with van der Waals surface area (Å²) in [5.41, 5.74) is -0.130. The van der Waals surface area contributed by atoms with Crippen LogP contribution < -0.4 is 9.47 Å². The van der Waals surface area contributed by atoms with Gasteiger partial charge in [0.25, 0.3) is 5.91 Å². The molecule has 0 spiro atoms. The van der Waals surface area contributed by atoms with Crippen LogP contribution in [0, 0.1) is 10.1 Å².